The Morgan fingerprint density at radius 1 is 1.50 bits per heavy atom. The zero-order chi connectivity index (χ0) is 9.60. The van der Waals surface area contributed by atoms with Crippen molar-refractivity contribution < 1.29 is 0 Å². The molecule has 3 N–H and O–H groups in total. The van der Waals surface area contributed by atoms with Crippen LogP contribution < -0.4 is 11.2 Å². The van der Waals surface area contributed by atoms with E-state index >= 15 is 0 Å². The molecule has 5 nitrogen and oxygen atoms in total. The van der Waals surface area contributed by atoms with Gasteiger partial charge in [0.15, 0.2) is 0 Å². The third-order valence-corrected chi connectivity index (χ3v) is 2.54. The van der Waals surface area contributed by atoms with E-state index in [1.165, 1.54) is 0 Å². The first-order chi connectivity index (χ1) is 6.84. The zero-order valence-electron chi connectivity index (χ0n) is 7.38. The van der Waals surface area contributed by atoms with Gasteiger partial charge >= 0.3 is 0 Å². The highest BCUT2D eigenvalue weighted by atomic mass is 15.5. The number of hydrogen-bond acceptors (Lipinski definition) is 5. The summed E-state index contributed by atoms with van der Waals surface area (Å²) in [6.07, 6.45) is 10.9. The lowest BCUT2D eigenvalue weighted by Gasteiger charge is -2.40. The van der Waals surface area contributed by atoms with Crippen LogP contribution in [0.1, 0.15) is 0 Å². The van der Waals surface area contributed by atoms with Gasteiger partial charge in [0.1, 0.15) is 6.34 Å². The second-order valence-electron chi connectivity index (χ2n) is 3.24. The predicted molar refractivity (Wildman–Crippen MR) is 54.2 cm³/mol. The maximum atomic E-state index is 5.90. The molecule has 0 aromatic heterocycles. The monoisotopic (exact) mass is 187 g/mol. The fourth-order valence-corrected chi connectivity index (χ4v) is 1.85. The lowest BCUT2D eigenvalue weighted by atomic mass is 9.95. The highest BCUT2D eigenvalue weighted by Gasteiger charge is 2.46. The van der Waals surface area contributed by atoms with Gasteiger partial charge in [-0.15, -0.1) is 0 Å². The molecule has 1 atom stereocenters. The molecule has 70 valence electrons. The molecule has 14 heavy (non-hydrogen) atoms. The molecule has 3 heterocycles. The highest BCUT2D eigenvalue weighted by Crippen LogP contribution is 2.32. The van der Waals surface area contributed by atoms with Gasteiger partial charge in [-0.3, -0.25) is 5.01 Å². The number of nitrogens with one attached hydrogen (secondary N) is 1. The molecule has 0 saturated heterocycles. The molecule has 0 radical (unpaired) electrons. The van der Waals surface area contributed by atoms with Crippen LogP contribution >= 0.6 is 0 Å². The third-order valence-electron chi connectivity index (χ3n) is 2.54. The van der Waals surface area contributed by atoms with Gasteiger partial charge in [0, 0.05) is 12.4 Å². The van der Waals surface area contributed by atoms with E-state index in [1.54, 1.807) is 17.5 Å². The number of nitrogens with two attached hydrogens (primary N) is 1. The van der Waals surface area contributed by atoms with Crippen LogP contribution in [0, 0.1) is 0 Å². The molecule has 0 bridgehead atoms. The Labute approximate surface area is 81.0 Å². The summed E-state index contributed by atoms with van der Waals surface area (Å²) in [4.78, 5) is 8.52. The normalized spacial score (nSPS) is 31.9. The summed E-state index contributed by atoms with van der Waals surface area (Å²) in [7, 11) is 0. The van der Waals surface area contributed by atoms with Crippen LogP contribution in [-0.4, -0.2) is 22.7 Å². The number of hydrazine groups is 1. The number of hydrogen-bond donors (Lipinski definition) is 2. The molecule has 3 aliphatic heterocycles. The van der Waals surface area contributed by atoms with Gasteiger partial charge < -0.3 is 5.32 Å². The van der Waals surface area contributed by atoms with E-state index in [0.717, 1.165) is 11.4 Å². The van der Waals surface area contributed by atoms with Crippen molar-refractivity contribution in [3.8, 4) is 0 Å². The quantitative estimate of drug-likeness (QED) is 0.519. The first-order valence-corrected chi connectivity index (χ1v) is 4.32. The summed E-state index contributed by atoms with van der Waals surface area (Å²) in [5.74, 6) is 5.90. The second kappa shape index (κ2) is 2.33. The molecule has 3 rings (SSSR count). The molecule has 3 aliphatic rings. The topological polar surface area (TPSA) is 66.0 Å². The second-order valence-corrected chi connectivity index (χ2v) is 3.24. The molecule has 0 aromatic carbocycles. The van der Waals surface area contributed by atoms with Gasteiger partial charge in [-0.05, 0) is 18.2 Å². The maximum absolute atomic E-state index is 5.90. The smallest absolute Gasteiger partial charge is 0.230 e. The molecule has 1 spiro atoms. The van der Waals surface area contributed by atoms with Crippen molar-refractivity contribution in [3.63, 3.8) is 0 Å². The van der Waals surface area contributed by atoms with Gasteiger partial charge in [0.25, 0.3) is 0 Å². The Kier molecular flexibility index (Phi) is 1.25. The Morgan fingerprint density at radius 2 is 2.43 bits per heavy atom. The van der Waals surface area contributed by atoms with Crippen LogP contribution in [0.3, 0.4) is 0 Å². The first kappa shape index (κ1) is 7.52. The average Bonchev–Trinajstić information content (AvgIpc) is 2.62. The first-order valence-electron chi connectivity index (χ1n) is 4.32. The minimum Gasteiger partial charge on any atom is -0.361 e. The summed E-state index contributed by atoms with van der Waals surface area (Å²) < 4.78 is 0. The molecular weight excluding hydrogens is 178 g/mol. The number of aliphatic imine (C=N–C) groups is 2. The van der Waals surface area contributed by atoms with Crippen LogP contribution in [0.2, 0.25) is 0 Å². The average molecular weight is 187 g/mol. The van der Waals surface area contributed by atoms with Crippen LogP contribution in [0.4, 0.5) is 0 Å². The maximum Gasteiger partial charge on any atom is 0.230 e. The van der Waals surface area contributed by atoms with Gasteiger partial charge in [0.05, 0.1) is 11.4 Å². The highest BCUT2D eigenvalue weighted by molar-refractivity contribution is 6.12. The summed E-state index contributed by atoms with van der Waals surface area (Å²) in [5, 5.41) is 4.68. The van der Waals surface area contributed by atoms with Gasteiger partial charge in [-0.2, -0.15) is 0 Å². The van der Waals surface area contributed by atoms with Crippen molar-refractivity contribution >= 4 is 12.1 Å². The van der Waals surface area contributed by atoms with Crippen molar-refractivity contribution in [2.45, 2.75) is 5.66 Å². The summed E-state index contributed by atoms with van der Waals surface area (Å²) in [5.41, 5.74) is 1.12. The van der Waals surface area contributed by atoms with Gasteiger partial charge in [0.2, 0.25) is 5.66 Å². The summed E-state index contributed by atoms with van der Waals surface area (Å²) >= 11 is 0. The van der Waals surface area contributed by atoms with Crippen LogP contribution in [0.25, 0.3) is 0 Å². The molecule has 0 saturated carbocycles. The third kappa shape index (κ3) is 0.682. The number of allylic oxidation sites excluding steroid dienone is 2. The SMILES string of the molecule is NN1C=CC=C2NC=CC3=NC=NC231. The molecular formula is C9H9N5. The van der Waals surface area contributed by atoms with E-state index in [4.69, 9.17) is 5.84 Å². The predicted octanol–water partition coefficient (Wildman–Crippen LogP) is -0.131. The largest absolute Gasteiger partial charge is 0.361 e. The summed E-state index contributed by atoms with van der Waals surface area (Å²) in [6.45, 7) is 0. The molecule has 0 amide bonds. The molecule has 5 heteroatoms. The fraction of sp³-hybridized carbons (Fsp3) is 0.111. The van der Waals surface area contributed by atoms with Crippen LogP contribution in [0.5, 0.6) is 0 Å². The van der Waals surface area contributed by atoms with E-state index in [0.29, 0.717) is 0 Å². The molecule has 0 aromatic rings. The Morgan fingerprint density at radius 3 is 3.36 bits per heavy atom. The fourth-order valence-electron chi connectivity index (χ4n) is 1.85. The van der Waals surface area contributed by atoms with Crippen molar-refractivity contribution in [1.82, 2.24) is 10.3 Å². The van der Waals surface area contributed by atoms with Crippen LogP contribution in [-0.2, 0) is 0 Å². The van der Waals surface area contributed by atoms with Crippen molar-refractivity contribution in [2.24, 2.45) is 15.8 Å². The Bertz CT molecular complexity index is 428. The van der Waals surface area contributed by atoms with Crippen molar-refractivity contribution in [3.05, 3.63) is 36.3 Å². The Balaban J connectivity index is 2.24. The Hall–Kier alpha value is -1.88. The van der Waals surface area contributed by atoms with E-state index < -0.39 is 5.66 Å². The van der Waals surface area contributed by atoms with E-state index in [2.05, 4.69) is 15.3 Å². The minimum absolute atomic E-state index is 0.649. The standard InChI is InChI=1S/C9H9N5/c10-14-5-1-2-7-9(14)8(3-4-11-7)12-6-13-9/h1-6,11H,10H2. The summed E-state index contributed by atoms with van der Waals surface area (Å²) in [6, 6.07) is 0. The number of nitrogens with zero attached hydrogens (tertiary/aromatic N) is 3. The van der Waals surface area contributed by atoms with Crippen molar-refractivity contribution in [1.29, 1.82) is 0 Å². The minimum atomic E-state index is -0.649. The molecule has 0 aliphatic carbocycles. The van der Waals surface area contributed by atoms with Gasteiger partial charge in [-0.25, -0.2) is 15.8 Å². The lowest BCUT2D eigenvalue weighted by Crippen LogP contribution is -2.58. The molecule has 1 unspecified atom stereocenters. The zero-order valence-corrected chi connectivity index (χ0v) is 7.38. The van der Waals surface area contributed by atoms with E-state index in [-0.39, 0.29) is 0 Å². The van der Waals surface area contributed by atoms with Crippen LogP contribution in [0.15, 0.2) is 46.3 Å². The number of rotatable bonds is 0. The van der Waals surface area contributed by atoms with Crippen molar-refractivity contribution in [2.75, 3.05) is 0 Å². The van der Waals surface area contributed by atoms with E-state index in [9.17, 15) is 0 Å². The molecule has 0 fully saturated rings. The lowest BCUT2D eigenvalue weighted by molar-refractivity contribution is 0.260. The van der Waals surface area contributed by atoms with Gasteiger partial charge in [-0.1, -0.05) is 0 Å². The van der Waals surface area contributed by atoms with E-state index in [1.807, 2.05) is 24.4 Å².